The van der Waals surface area contributed by atoms with Gasteiger partial charge in [0.1, 0.15) is 0 Å². The van der Waals surface area contributed by atoms with Gasteiger partial charge in [0, 0.05) is 11.6 Å². The van der Waals surface area contributed by atoms with Crippen LogP contribution in [0.4, 0.5) is 5.69 Å². The van der Waals surface area contributed by atoms with Crippen molar-refractivity contribution in [3.05, 3.63) is 65.2 Å². The molecule has 0 bridgehead atoms. The summed E-state index contributed by atoms with van der Waals surface area (Å²) in [4.78, 5) is 0. The standard InChI is InChI=1S/C26H37N/c1-3-4-5-6-7-26(24-16-18-25(27)19-17-24)23-14-12-22(13-15-23)21-10-8-20(2)9-11-21/h12-21,26H,3-11,27H2,1-2H3. The van der Waals surface area contributed by atoms with Gasteiger partial charge in [0.2, 0.25) is 0 Å². The molecule has 0 radical (unpaired) electrons. The predicted molar refractivity (Wildman–Crippen MR) is 118 cm³/mol. The van der Waals surface area contributed by atoms with Gasteiger partial charge in [-0.25, -0.2) is 0 Å². The second-order valence-electron chi connectivity index (χ2n) is 8.69. The molecular weight excluding hydrogens is 326 g/mol. The van der Waals surface area contributed by atoms with E-state index in [9.17, 15) is 0 Å². The highest BCUT2D eigenvalue weighted by atomic mass is 14.5. The lowest BCUT2D eigenvalue weighted by Crippen LogP contribution is -2.11. The minimum Gasteiger partial charge on any atom is -0.399 e. The Balaban J connectivity index is 1.73. The van der Waals surface area contributed by atoms with Gasteiger partial charge < -0.3 is 5.73 Å². The molecule has 3 rings (SSSR count). The van der Waals surface area contributed by atoms with Crippen LogP contribution < -0.4 is 5.73 Å². The molecule has 1 nitrogen and oxygen atoms in total. The molecule has 1 unspecified atom stereocenters. The number of nitrogen functional groups attached to an aromatic ring is 1. The first-order valence-corrected chi connectivity index (χ1v) is 11.1. The second kappa shape index (κ2) is 9.97. The van der Waals surface area contributed by atoms with Crippen molar-refractivity contribution in [3.8, 4) is 0 Å². The zero-order valence-electron chi connectivity index (χ0n) is 17.3. The van der Waals surface area contributed by atoms with Crippen LogP contribution in [0.3, 0.4) is 0 Å². The Morgan fingerprint density at radius 3 is 2.00 bits per heavy atom. The second-order valence-corrected chi connectivity index (χ2v) is 8.69. The van der Waals surface area contributed by atoms with Crippen molar-refractivity contribution in [2.24, 2.45) is 5.92 Å². The van der Waals surface area contributed by atoms with Gasteiger partial charge in [-0.3, -0.25) is 0 Å². The molecule has 0 aliphatic heterocycles. The molecule has 1 aliphatic rings. The van der Waals surface area contributed by atoms with E-state index in [2.05, 4.69) is 50.2 Å². The molecule has 2 N–H and O–H groups in total. The van der Waals surface area contributed by atoms with E-state index in [1.165, 1.54) is 68.9 Å². The minimum absolute atomic E-state index is 0.489. The van der Waals surface area contributed by atoms with Crippen molar-refractivity contribution >= 4 is 5.69 Å². The maximum Gasteiger partial charge on any atom is 0.0314 e. The van der Waals surface area contributed by atoms with E-state index < -0.39 is 0 Å². The Bertz CT molecular complexity index is 662. The van der Waals surface area contributed by atoms with Gasteiger partial charge in [-0.05, 0) is 59.9 Å². The number of nitrogens with two attached hydrogens (primary N) is 1. The van der Waals surface area contributed by atoms with E-state index in [0.29, 0.717) is 5.92 Å². The van der Waals surface area contributed by atoms with Gasteiger partial charge in [0.25, 0.3) is 0 Å². The van der Waals surface area contributed by atoms with Crippen LogP contribution in [0.5, 0.6) is 0 Å². The molecule has 0 heterocycles. The number of unbranched alkanes of at least 4 members (excludes halogenated alkanes) is 3. The maximum absolute atomic E-state index is 5.92. The quantitative estimate of drug-likeness (QED) is 0.378. The van der Waals surface area contributed by atoms with Crippen LogP contribution in [0.1, 0.15) is 100 Å². The topological polar surface area (TPSA) is 26.0 Å². The lowest BCUT2D eigenvalue weighted by molar-refractivity contribution is 0.348. The Kier molecular flexibility index (Phi) is 7.38. The summed E-state index contributed by atoms with van der Waals surface area (Å²) in [5.41, 5.74) is 11.2. The first-order valence-electron chi connectivity index (χ1n) is 11.1. The lowest BCUT2D eigenvalue weighted by atomic mass is 9.78. The Morgan fingerprint density at radius 2 is 1.41 bits per heavy atom. The number of hydrogen-bond donors (Lipinski definition) is 1. The zero-order chi connectivity index (χ0) is 19.1. The largest absolute Gasteiger partial charge is 0.399 e. The van der Waals surface area contributed by atoms with E-state index in [4.69, 9.17) is 5.73 Å². The summed E-state index contributed by atoms with van der Waals surface area (Å²) in [7, 11) is 0. The van der Waals surface area contributed by atoms with E-state index in [1.807, 2.05) is 12.1 Å². The highest BCUT2D eigenvalue weighted by Crippen LogP contribution is 2.37. The molecule has 146 valence electrons. The van der Waals surface area contributed by atoms with Crippen molar-refractivity contribution in [2.45, 2.75) is 83.5 Å². The molecule has 0 aromatic heterocycles. The Morgan fingerprint density at radius 1 is 0.815 bits per heavy atom. The molecule has 1 aliphatic carbocycles. The molecule has 2 aromatic carbocycles. The Hall–Kier alpha value is -1.76. The van der Waals surface area contributed by atoms with Crippen molar-refractivity contribution < 1.29 is 0 Å². The van der Waals surface area contributed by atoms with E-state index in [0.717, 1.165) is 17.5 Å². The number of anilines is 1. The number of rotatable bonds is 8. The van der Waals surface area contributed by atoms with Crippen molar-refractivity contribution in [2.75, 3.05) is 5.73 Å². The van der Waals surface area contributed by atoms with E-state index in [1.54, 1.807) is 5.56 Å². The molecule has 0 amide bonds. The summed E-state index contributed by atoms with van der Waals surface area (Å²) < 4.78 is 0. The molecule has 0 saturated heterocycles. The van der Waals surface area contributed by atoms with Gasteiger partial charge in [0.05, 0.1) is 0 Å². The van der Waals surface area contributed by atoms with E-state index >= 15 is 0 Å². The van der Waals surface area contributed by atoms with Gasteiger partial charge in [-0.2, -0.15) is 0 Å². The highest BCUT2D eigenvalue weighted by molar-refractivity contribution is 5.43. The smallest absolute Gasteiger partial charge is 0.0314 e. The van der Waals surface area contributed by atoms with Crippen molar-refractivity contribution in [1.82, 2.24) is 0 Å². The first-order chi connectivity index (χ1) is 13.2. The predicted octanol–water partition coefficient (Wildman–Crippen LogP) is 7.66. The van der Waals surface area contributed by atoms with Gasteiger partial charge in [-0.1, -0.05) is 88.8 Å². The summed E-state index contributed by atoms with van der Waals surface area (Å²) >= 11 is 0. The van der Waals surface area contributed by atoms with Gasteiger partial charge in [-0.15, -0.1) is 0 Å². The monoisotopic (exact) mass is 363 g/mol. The van der Waals surface area contributed by atoms with Crippen LogP contribution in [-0.4, -0.2) is 0 Å². The third-order valence-electron chi connectivity index (χ3n) is 6.51. The third-order valence-corrected chi connectivity index (χ3v) is 6.51. The average Bonchev–Trinajstić information content (AvgIpc) is 2.70. The molecule has 1 saturated carbocycles. The zero-order valence-corrected chi connectivity index (χ0v) is 17.3. The molecule has 0 spiro atoms. The first kappa shape index (κ1) is 20.0. The SMILES string of the molecule is CCCCCCC(c1ccc(N)cc1)c1ccc(C2CCC(C)CC2)cc1. The van der Waals surface area contributed by atoms with Crippen LogP contribution in [0.25, 0.3) is 0 Å². The van der Waals surface area contributed by atoms with Crippen LogP contribution in [0, 0.1) is 5.92 Å². The summed E-state index contributed by atoms with van der Waals surface area (Å²) in [6.07, 6.45) is 12.0. The molecule has 1 heteroatoms. The van der Waals surface area contributed by atoms with Crippen LogP contribution in [-0.2, 0) is 0 Å². The molecule has 27 heavy (non-hydrogen) atoms. The number of benzene rings is 2. The van der Waals surface area contributed by atoms with Gasteiger partial charge in [0.15, 0.2) is 0 Å². The molecule has 1 fully saturated rings. The maximum atomic E-state index is 5.92. The van der Waals surface area contributed by atoms with Crippen molar-refractivity contribution in [1.29, 1.82) is 0 Å². The summed E-state index contributed by atoms with van der Waals surface area (Å²) in [6, 6.07) is 18.1. The summed E-state index contributed by atoms with van der Waals surface area (Å²) in [5.74, 6) is 2.18. The molecule has 1 atom stereocenters. The van der Waals surface area contributed by atoms with Crippen LogP contribution in [0.2, 0.25) is 0 Å². The summed E-state index contributed by atoms with van der Waals surface area (Å²) in [6.45, 7) is 4.68. The van der Waals surface area contributed by atoms with Gasteiger partial charge >= 0.3 is 0 Å². The van der Waals surface area contributed by atoms with E-state index in [-0.39, 0.29) is 0 Å². The van der Waals surface area contributed by atoms with Crippen LogP contribution >= 0.6 is 0 Å². The molecular formula is C26H37N. The number of hydrogen-bond acceptors (Lipinski definition) is 1. The fourth-order valence-corrected chi connectivity index (χ4v) is 4.62. The highest BCUT2D eigenvalue weighted by Gasteiger charge is 2.20. The fraction of sp³-hybridized carbons (Fsp3) is 0.538. The average molecular weight is 364 g/mol. The lowest BCUT2D eigenvalue weighted by Gasteiger charge is -2.27. The normalized spacial score (nSPS) is 21.1. The van der Waals surface area contributed by atoms with Crippen LogP contribution in [0.15, 0.2) is 48.5 Å². The third kappa shape index (κ3) is 5.61. The Labute approximate surface area is 166 Å². The molecule has 2 aromatic rings. The summed E-state index contributed by atoms with van der Waals surface area (Å²) in [5, 5.41) is 0. The minimum atomic E-state index is 0.489. The van der Waals surface area contributed by atoms with Crippen molar-refractivity contribution in [3.63, 3.8) is 0 Å². The fourth-order valence-electron chi connectivity index (χ4n) is 4.62.